The van der Waals surface area contributed by atoms with Gasteiger partial charge in [0, 0.05) is 35.8 Å². The lowest BCUT2D eigenvalue weighted by Crippen LogP contribution is -2.28. The maximum atomic E-state index is 12.1. The Morgan fingerprint density at radius 3 is 2.72 bits per heavy atom. The highest BCUT2D eigenvalue weighted by Gasteiger charge is 2.26. The van der Waals surface area contributed by atoms with E-state index >= 15 is 0 Å². The molecule has 1 fully saturated rings. The number of alkyl halides is 1. The van der Waals surface area contributed by atoms with Crippen LogP contribution in [0.4, 0.5) is 5.69 Å². The van der Waals surface area contributed by atoms with E-state index in [1.54, 1.807) is 4.90 Å². The van der Waals surface area contributed by atoms with Crippen LogP contribution in [-0.2, 0) is 0 Å². The third-order valence-corrected chi connectivity index (χ3v) is 3.33. The van der Waals surface area contributed by atoms with E-state index in [1.807, 2.05) is 0 Å². The summed E-state index contributed by atoms with van der Waals surface area (Å²) in [5, 5.41) is 10.8. The van der Waals surface area contributed by atoms with E-state index in [1.165, 1.54) is 18.2 Å². The van der Waals surface area contributed by atoms with E-state index in [-0.39, 0.29) is 27.6 Å². The minimum atomic E-state index is -0.572. The van der Waals surface area contributed by atoms with E-state index in [4.69, 9.17) is 23.2 Å². The van der Waals surface area contributed by atoms with Crippen molar-refractivity contribution in [1.29, 1.82) is 0 Å². The molecule has 0 saturated carbocycles. The van der Waals surface area contributed by atoms with E-state index in [2.05, 4.69) is 0 Å². The molecule has 2 rings (SSSR count). The molecule has 1 aromatic carbocycles. The first-order valence-corrected chi connectivity index (χ1v) is 6.17. The summed E-state index contributed by atoms with van der Waals surface area (Å²) in [6, 6.07) is 3.88. The molecular weight excluding hydrogens is 279 g/mol. The molecule has 1 atom stereocenters. The fourth-order valence-corrected chi connectivity index (χ4v) is 2.38. The molecule has 0 aliphatic carbocycles. The Hall–Kier alpha value is -1.33. The number of hydrogen-bond acceptors (Lipinski definition) is 3. The number of hydrogen-bond donors (Lipinski definition) is 0. The SMILES string of the molecule is O=C(c1cc(Cl)cc([N+](=O)[O-])c1)N1CCC(Cl)C1. The molecule has 1 unspecified atom stereocenters. The first-order valence-electron chi connectivity index (χ1n) is 5.35. The summed E-state index contributed by atoms with van der Waals surface area (Å²) in [6.07, 6.45) is 0.732. The van der Waals surface area contributed by atoms with Crippen LogP contribution in [0.5, 0.6) is 0 Å². The molecule has 1 heterocycles. The quantitative estimate of drug-likeness (QED) is 0.477. The lowest BCUT2D eigenvalue weighted by atomic mass is 10.2. The first kappa shape index (κ1) is 13.1. The average molecular weight is 289 g/mol. The number of non-ortho nitro benzene ring substituents is 1. The fourth-order valence-electron chi connectivity index (χ4n) is 1.89. The first-order chi connectivity index (χ1) is 8.47. The van der Waals surface area contributed by atoms with E-state index in [9.17, 15) is 14.9 Å². The smallest absolute Gasteiger partial charge is 0.271 e. The highest BCUT2D eigenvalue weighted by Crippen LogP contribution is 2.24. The van der Waals surface area contributed by atoms with Gasteiger partial charge in [-0.15, -0.1) is 11.6 Å². The Kier molecular flexibility index (Phi) is 3.73. The van der Waals surface area contributed by atoms with Gasteiger partial charge in [-0.1, -0.05) is 11.6 Å². The van der Waals surface area contributed by atoms with Crippen LogP contribution >= 0.6 is 23.2 Å². The summed E-state index contributed by atoms with van der Waals surface area (Å²) >= 11 is 11.7. The third-order valence-electron chi connectivity index (χ3n) is 2.76. The van der Waals surface area contributed by atoms with Gasteiger partial charge in [-0.3, -0.25) is 14.9 Å². The minimum absolute atomic E-state index is 0.0527. The van der Waals surface area contributed by atoms with E-state index < -0.39 is 4.92 Å². The normalized spacial score (nSPS) is 19.0. The van der Waals surface area contributed by atoms with Crippen molar-refractivity contribution in [3.05, 3.63) is 38.9 Å². The molecule has 1 aliphatic heterocycles. The molecule has 0 bridgehead atoms. The van der Waals surface area contributed by atoms with Crippen molar-refractivity contribution < 1.29 is 9.72 Å². The standard InChI is InChI=1S/C11H10Cl2N2O3/c12-8-1-2-14(6-8)11(16)7-3-9(13)5-10(4-7)15(17)18/h3-5,8H,1-2,6H2. The van der Waals surface area contributed by atoms with Crippen LogP contribution in [0.2, 0.25) is 5.02 Å². The molecule has 1 amide bonds. The average Bonchev–Trinajstić information content (AvgIpc) is 2.74. The number of nitrogens with zero attached hydrogens (tertiary/aromatic N) is 2. The maximum absolute atomic E-state index is 12.1. The Morgan fingerprint density at radius 2 is 2.17 bits per heavy atom. The fraction of sp³-hybridized carbons (Fsp3) is 0.364. The largest absolute Gasteiger partial charge is 0.337 e. The van der Waals surface area contributed by atoms with Gasteiger partial charge in [-0.25, -0.2) is 0 Å². The van der Waals surface area contributed by atoms with Crippen molar-refractivity contribution in [2.45, 2.75) is 11.8 Å². The number of likely N-dealkylation sites (tertiary alicyclic amines) is 1. The van der Waals surface area contributed by atoms with Crippen LogP contribution in [0.25, 0.3) is 0 Å². The molecule has 5 nitrogen and oxygen atoms in total. The van der Waals surface area contributed by atoms with Crippen molar-refractivity contribution in [2.24, 2.45) is 0 Å². The Labute approximate surface area is 113 Å². The van der Waals surface area contributed by atoms with E-state index in [0.29, 0.717) is 13.1 Å². The topological polar surface area (TPSA) is 63.4 Å². The predicted octanol–water partition coefficient (Wildman–Crippen LogP) is 2.70. The van der Waals surface area contributed by atoms with E-state index in [0.717, 1.165) is 6.42 Å². The minimum Gasteiger partial charge on any atom is -0.337 e. The van der Waals surface area contributed by atoms with Gasteiger partial charge < -0.3 is 4.90 Å². The van der Waals surface area contributed by atoms with Gasteiger partial charge in [-0.05, 0) is 12.5 Å². The summed E-state index contributed by atoms with van der Waals surface area (Å²) in [7, 11) is 0. The molecule has 0 N–H and O–H groups in total. The van der Waals surface area contributed by atoms with Crippen LogP contribution in [0, 0.1) is 10.1 Å². The van der Waals surface area contributed by atoms with Crippen LogP contribution < -0.4 is 0 Å². The van der Waals surface area contributed by atoms with Crippen LogP contribution in [0.1, 0.15) is 16.8 Å². The monoisotopic (exact) mass is 288 g/mol. The number of halogens is 2. The molecule has 18 heavy (non-hydrogen) atoms. The molecule has 1 aliphatic rings. The van der Waals surface area contributed by atoms with Gasteiger partial charge in [0.2, 0.25) is 0 Å². The molecule has 7 heteroatoms. The van der Waals surface area contributed by atoms with Crippen LogP contribution in [0.3, 0.4) is 0 Å². The zero-order chi connectivity index (χ0) is 13.3. The number of amides is 1. The van der Waals surface area contributed by atoms with Gasteiger partial charge in [-0.2, -0.15) is 0 Å². The van der Waals surface area contributed by atoms with Crippen molar-refractivity contribution in [3.63, 3.8) is 0 Å². The zero-order valence-corrected chi connectivity index (χ0v) is 10.8. The second kappa shape index (κ2) is 5.12. The molecular formula is C11H10Cl2N2O3. The molecule has 1 aromatic rings. The van der Waals surface area contributed by atoms with Crippen LogP contribution in [-0.4, -0.2) is 34.2 Å². The second-order valence-corrected chi connectivity index (χ2v) is 5.15. The summed E-state index contributed by atoms with van der Waals surface area (Å²) in [6.45, 7) is 1.02. The number of benzene rings is 1. The Bertz CT molecular complexity index is 507. The second-order valence-electron chi connectivity index (χ2n) is 4.09. The van der Waals surface area contributed by atoms with Crippen LogP contribution in [0.15, 0.2) is 18.2 Å². The highest BCUT2D eigenvalue weighted by molar-refractivity contribution is 6.31. The summed E-state index contributed by atoms with van der Waals surface area (Å²) in [5.41, 5.74) is 0.0347. The number of nitro benzene ring substituents is 1. The molecule has 0 aromatic heterocycles. The lowest BCUT2D eigenvalue weighted by Gasteiger charge is -2.15. The number of carbonyl (C=O) groups excluding carboxylic acids is 1. The predicted molar refractivity (Wildman–Crippen MR) is 68.3 cm³/mol. The van der Waals surface area contributed by atoms with Crippen molar-refractivity contribution in [3.8, 4) is 0 Å². The Morgan fingerprint density at radius 1 is 1.44 bits per heavy atom. The zero-order valence-electron chi connectivity index (χ0n) is 9.31. The van der Waals surface area contributed by atoms with Crippen molar-refractivity contribution in [2.75, 3.05) is 13.1 Å². The molecule has 1 saturated heterocycles. The lowest BCUT2D eigenvalue weighted by molar-refractivity contribution is -0.384. The summed E-state index contributed by atoms with van der Waals surface area (Å²) in [4.78, 5) is 23.8. The maximum Gasteiger partial charge on any atom is 0.271 e. The Balaban J connectivity index is 2.27. The van der Waals surface area contributed by atoms with Gasteiger partial charge >= 0.3 is 0 Å². The molecule has 0 radical (unpaired) electrons. The molecule has 0 spiro atoms. The third kappa shape index (κ3) is 2.73. The van der Waals surface area contributed by atoms with Gasteiger partial charge in [0.15, 0.2) is 0 Å². The number of rotatable bonds is 2. The number of nitro groups is 1. The van der Waals surface area contributed by atoms with Crippen molar-refractivity contribution >= 4 is 34.8 Å². The van der Waals surface area contributed by atoms with Gasteiger partial charge in [0.05, 0.1) is 10.3 Å². The summed E-state index contributed by atoms with van der Waals surface area (Å²) in [5.74, 6) is -0.274. The van der Waals surface area contributed by atoms with Gasteiger partial charge in [0.25, 0.3) is 11.6 Å². The highest BCUT2D eigenvalue weighted by atomic mass is 35.5. The van der Waals surface area contributed by atoms with Crippen molar-refractivity contribution in [1.82, 2.24) is 4.90 Å². The molecule has 96 valence electrons. The van der Waals surface area contributed by atoms with Gasteiger partial charge in [0.1, 0.15) is 0 Å². The number of carbonyl (C=O) groups is 1. The summed E-state index contributed by atoms with van der Waals surface area (Å²) < 4.78 is 0.